The molecule has 1 aromatic rings. The van der Waals surface area contributed by atoms with Crippen LogP contribution in [0.25, 0.3) is 0 Å². The molecule has 0 bridgehead atoms. The lowest BCUT2D eigenvalue weighted by atomic mass is 10.1. The number of benzene rings is 1. The van der Waals surface area contributed by atoms with Crippen molar-refractivity contribution in [3.63, 3.8) is 0 Å². The van der Waals surface area contributed by atoms with Gasteiger partial charge in [-0.25, -0.2) is 8.78 Å². The Bertz CT molecular complexity index is 349. The lowest BCUT2D eigenvalue weighted by Crippen LogP contribution is -2.31. The third-order valence-corrected chi connectivity index (χ3v) is 4.20. The third-order valence-electron chi connectivity index (χ3n) is 2.66. The summed E-state index contributed by atoms with van der Waals surface area (Å²) in [4.78, 5) is 0. The van der Waals surface area contributed by atoms with Gasteiger partial charge in [0.15, 0.2) is 0 Å². The van der Waals surface area contributed by atoms with Crippen molar-refractivity contribution in [3.8, 4) is 0 Å². The smallest absolute Gasteiger partial charge is 0.263 e. The molecule has 0 saturated carbocycles. The Hall–Kier alpha value is -0.610. The monoisotopic (exact) mass is 243 g/mol. The SMILES string of the molecule is CC1CNC(c2cccc(C(F)F)c2)SC1. The Kier molecular flexibility index (Phi) is 3.82. The fourth-order valence-electron chi connectivity index (χ4n) is 1.76. The number of nitrogens with one attached hydrogen (secondary N) is 1. The number of hydrogen-bond donors (Lipinski definition) is 1. The molecule has 1 aliphatic heterocycles. The number of hydrogen-bond acceptors (Lipinski definition) is 2. The lowest BCUT2D eigenvalue weighted by molar-refractivity contribution is 0.151. The van der Waals surface area contributed by atoms with E-state index in [1.54, 1.807) is 23.9 Å². The molecule has 1 fully saturated rings. The predicted octanol–water partition coefficient (Wildman–Crippen LogP) is 3.60. The highest BCUT2D eigenvalue weighted by atomic mass is 32.2. The first-order valence-electron chi connectivity index (χ1n) is 5.40. The Morgan fingerprint density at radius 1 is 1.44 bits per heavy atom. The zero-order chi connectivity index (χ0) is 11.5. The summed E-state index contributed by atoms with van der Waals surface area (Å²) < 4.78 is 25.1. The van der Waals surface area contributed by atoms with Gasteiger partial charge in [0, 0.05) is 5.56 Å². The third kappa shape index (κ3) is 2.74. The van der Waals surface area contributed by atoms with E-state index in [0.29, 0.717) is 5.92 Å². The van der Waals surface area contributed by atoms with E-state index < -0.39 is 6.43 Å². The molecule has 4 heteroatoms. The van der Waals surface area contributed by atoms with Crippen LogP contribution in [0.4, 0.5) is 8.78 Å². The zero-order valence-electron chi connectivity index (χ0n) is 9.12. The number of halogens is 2. The Morgan fingerprint density at radius 3 is 2.88 bits per heavy atom. The molecule has 0 aromatic heterocycles. The Balaban J connectivity index is 2.11. The van der Waals surface area contributed by atoms with E-state index >= 15 is 0 Å². The summed E-state index contributed by atoms with van der Waals surface area (Å²) in [6.45, 7) is 3.14. The summed E-state index contributed by atoms with van der Waals surface area (Å²) in [5, 5.41) is 3.53. The van der Waals surface area contributed by atoms with Gasteiger partial charge in [-0.1, -0.05) is 25.1 Å². The molecule has 16 heavy (non-hydrogen) atoms. The van der Waals surface area contributed by atoms with Crippen LogP contribution in [-0.2, 0) is 0 Å². The van der Waals surface area contributed by atoms with Gasteiger partial charge >= 0.3 is 0 Å². The van der Waals surface area contributed by atoms with Crippen molar-refractivity contribution in [2.45, 2.75) is 18.7 Å². The van der Waals surface area contributed by atoms with Crippen molar-refractivity contribution in [2.75, 3.05) is 12.3 Å². The van der Waals surface area contributed by atoms with Gasteiger partial charge in [-0.15, -0.1) is 11.8 Å². The van der Waals surface area contributed by atoms with E-state index in [1.807, 2.05) is 6.07 Å². The average Bonchev–Trinajstić information content (AvgIpc) is 2.30. The maximum Gasteiger partial charge on any atom is 0.263 e. The highest BCUT2D eigenvalue weighted by Crippen LogP contribution is 2.32. The van der Waals surface area contributed by atoms with Crippen molar-refractivity contribution < 1.29 is 8.78 Å². The van der Waals surface area contributed by atoms with Gasteiger partial charge in [0.05, 0.1) is 5.37 Å². The van der Waals surface area contributed by atoms with E-state index in [-0.39, 0.29) is 10.9 Å². The molecule has 88 valence electrons. The summed E-state index contributed by atoms with van der Waals surface area (Å²) >= 11 is 1.79. The molecule has 1 aromatic carbocycles. The van der Waals surface area contributed by atoms with Crippen LogP contribution >= 0.6 is 11.8 Å². The van der Waals surface area contributed by atoms with Crippen LogP contribution in [0.15, 0.2) is 24.3 Å². The fourth-order valence-corrected chi connectivity index (χ4v) is 2.95. The summed E-state index contributed by atoms with van der Waals surface area (Å²) in [5.74, 6) is 1.73. The molecule has 0 amide bonds. The van der Waals surface area contributed by atoms with Gasteiger partial charge < -0.3 is 5.32 Å². The Morgan fingerprint density at radius 2 is 2.25 bits per heavy atom. The van der Waals surface area contributed by atoms with Crippen molar-refractivity contribution >= 4 is 11.8 Å². The molecule has 1 N–H and O–H groups in total. The summed E-state index contributed by atoms with van der Waals surface area (Å²) in [7, 11) is 0. The first kappa shape index (κ1) is 11.9. The van der Waals surface area contributed by atoms with Crippen LogP contribution in [0, 0.1) is 5.92 Å². The Labute approximate surface area is 98.6 Å². The largest absolute Gasteiger partial charge is 0.301 e. The number of thioether (sulfide) groups is 1. The second-order valence-electron chi connectivity index (χ2n) is 4.20. The molecule has 0 spiro atoms. The summed E-state index contributed by atoms with van der Waals surface area (Å²) in [5.41, 5.74) is 1.06. The predicted molar refractivity (Wildman–Crippen MR) is 63.8 cm³/mol. The first-order chi connectivity index (χ1) is 7.66. The van der Waals surface area contributed by atoms with Crippen LogP contribution in [0.3, 0.4) is 0 Å². The van der Waals surface area contributed by atoms with Gasteiger partial charge in [0.25, 0.3) is 6.43 Å². The minimum atomic E-state index is -2.38. The molecular formula is C12H15F2NS. The van der Waals surface area contributed by atoms with Gasteiger partial charge in [-0.05, 0) is 29.8 Å². The normalized spacial score (nSPS) is 26.0. The zero-order valence-corrected chi connectivity index (χ0v) is 9.94. The highest BCUT2D eigenvalue weighted by Gasteiger charge is 2.20. The van der Waals surface area contributed by atoms with E-state index in [0.717, 1.165) is 17.9 Å². The van der Waals surface area contributed by atoms with Crippen LogP contribution in [0.1, 0.15) is 29.8 Å². The minimum absolute atomic E-state index is 0.110. The van der Waals surface area contributed by atoms with E-state index in [9.17, 15) is 8.78 Å². The van der Waals surface area contributed by atoms with Crippen LogP contribution in [0.5, 0.6) is 0 Å². The van der Waals surface area contributed by atoms with Crippen LogP contribution in [0.2, 0.25) is 0 Å². The molecule has 0 aliphatic carbocycles. The highest BCUT2D eigenvalue weighted by molar-refractivity contribution is 7.99. The van der Waals surface area contributed by atoms with Crippen molar-refractivity contribution in [1.82, 2.24) is 5.32 Å². The first-order valence-corrected chi connectivity index (χ1v) is 6.44. The molecule has 1 saturated heterocycles. The number of alkyl halides is 2. The van der Waals surface area contributed by atoms with Crippen molar-refractivity contribution in [2.24, 2.45) is 5.92 Å². The van der Waals surface area contributed by atoms with E-state index in [2.05, 4.69) is 12.2 Å². The van der Waals surface area contributed by atoms with Crippen LogP contribution < -0.4 is 5.32 Å². The molecule has 1 heterocycles. The van der Waals surface area contributed by atoms with Gasteiger partial charge in [0.1, 0.15) is 0 Å². The molecule has 2 rings (SSSR count). The lowest BCUT2D eigenvalue weighted by Gasteiger charge is -2.27. The molecular weight excluding hydrogens is 228 g/mol. The average molecular weight is 243 g/mol. The van der Waals surface area contributed by atoms with Crippen molar-refractivity contribution in [3.05, 3.63) is 35.4 Å². The van der Waals surface area contributed by atoms with Crippen molar-refractivity contribution in [1.29, 1.82) is 0 Å². The molecule has 1 aliphatic rings. The van der Waals surface area contributed by atoms with E-state index in [1.165, 1.54) is 6.07 Å². The molecule has 2 atom stereocenters. The van der Waals surface area contributed by atoms with Gasteiger partial charge in [-0.2, -0.15) is 0 Å². The molecule has 0 radical (unpaired) electrons. The van der Waals surface area contributed by atoms with Crippen LogP contribution in [-0.4, -0.2) is 12.3 Å². The van der Waals surface area contributed by atoms with E-state index in [4.69, 9.17) is 0 Å². The topological polar surface area (TPSA) is 12.0 Å². The van der Waals surface area contributed by atoms with Gasteiger partial charge in [-0.3, -0.25) is 0 Å². The second kappa shape index (κ2) is 5.15. The molecule has 2 unspecified atom stereocenters. The standard InChI is InChI=1S/C12H15F2NS/c1-8-6-15-12(16-7-8)10-4-2-3-9(5-10)11(13)14/h2-5,8,11-12,15H,6-7H2,1H3. The minimum Gasteiger partial charge on any atom is -0.301 e. The fraction of sp³-hybridized carbons (Fsp3) is 0.500. The maximum atomic E-state index is 12.5. The summed E-state index contributed by atoms with van der Waals surface area (Å²) in [6.07, 6.45) is -2.38. The number of rotatable bonds is 2. The summed E-state index contributed by atoms with van der Waals surface area (Å²) in [6, 6.07) is 6.69. The molecule has 1 nitrogen and oxygen atoms in total. The maximum absolute atomic E-state index is 12.5. The second-order valence-corrected chi connectivity index (χ2v) is 5.34. The quantitative estimate of drug-likeness (QED) is 0.851. The van der Waals surface area contributed by atoms with Gasteiger partial charge in [0.2, 0.25) is 0 Å².